The lowest BCUT2D eigenvalue weighted by Gasteiger charge is -2.35. The van der Waals surface area contributed by atoms with Crippen molar-refractivity contribution < 1.29 is 22.4 Å². The fourth-order valence-electron chi connectivity index (χ4n) is 2.92. The normalized spacial score (nSPS) is 15.8. The number of hydrogen-bond acceptors (Lipinski definition) is 6. The fraction of sp³-hybridized carbons (Fsp3) is 0.625. The third-order valence-electron chi connectivity index (χ3n) is 4.24. The third kappa shape index (κ3) is 4.02. The van der Waals surface area contributed by atoms with Crippen molar-refractivity contribution in [1.82, 2.24) is 14.5 Å². The zero-order valence-electron chi connectivity index (χ0n) is 15.5. The predicted molar refractivity (Wildman–Crippen MR) is 101 cm³/mol. The topological polar surface area (TPSA) is 92.1 Å². The smallest absolute Gasteiger partial charge is 0.342 e. The van der Waals surface area contributed by atoms with Gasteiger partial charge in [-0.2, -0.15) is 4.31 Å². The summed E-state index contributed by atoms with van der Waals surface area (Å²) in [6.07, 6.45) is 0.962. The van der Waals surface area contributed by atoms with Crippen molar-refractivity contribution in [3.8, 4) is 0 Å². The van der Waals surface area contributed by atoms with Gasteiger partial charge in [0.2, 0.25) is 10.0 Å². The molecule has 0 unspecified atom stereocenters. The summed E-state index contributed by atoms with van der Waals surface area (Å²) in [5.41, 5.74) is -0.0347. The summed E-state index contributed by atoms with van der Waals surface area (Å²) in [4.78, 5) is 13.9. The maximum atomic E-state index is 13.1. The van der Waals surface area contributed by atoms with E-state index in [1.165, 1.54) is 18.3 Å². The van der Waals surface area contributed by atoms with Gasteiger partial charge >= 0.3 is 5.97 Å². The largest absolute Gasteiger partial charge is 0.465 e. The molecule has 1 fully saturated rings. The molecule has 1 aliphatic heterocycles. The summed E-state index contributed by atoms with van der Waals surface area (Å²) < 4.78 is 37.7. The van der Waals surface area contributed by atoms with Gasteiger partial charge in [0.25, 0.3) is 0 Å². The summed E-state index contributed by atoms with van der Waals surface area (Å²) >= 11 is 5.33. The number of furan rings is 1. The van der Waals surface area contributed by atoms with Gasteiger partial charge in [-0.3, -0.25) is 0 Å². The van der Waals surface area contributed by atoms with Crippen molar-refractivity contribution in [2.45, 2.75) is 32.1 Å². The van der Waals surface area contributed by atoms with Gasteiger partial charge in [-0.05, 0) is 32.5 Å². The van der Waals surface area contributed by atoms with Crippen LogP contribution in [0.15, 0.2) is 9.31 Å². The molecule has 1 aromatic rings. The zero-order chi connectivity index (χ0) is 19.5. The molecule has 0 aromatic carbocycles. The lowest BCUT2D eigenvalue weighted by Crippen LogP contribution is -2.53. The molecular formula is C16H25N3O5S2. The first-order valence-corrected chi connectivity index (χ1v) is 10.3. The van der Waals surface area contributed by atoms with Gasteiger partial charge in [-0.15, -0.1) is 0 Å². The Balaban J connectivity index is 2.21. The lowest BCUT2D eigenvalue weighted by atomic mass is 10.2. The molecule has 0 amide bonds. The van der Waals surface area contributed by atoms with Crippen molar-refractivity contribution in [1.29, 1.82) is 0 Å². The molecule has 0 radical (unpaired) electrons. The van der Waals surface area contributed by atoms with Crippen molar-refractivity contribution in [3.05, 3.63) is 17.1 Å². The van der Waals surface area contributed by atoms with E-state index in [0.717, 1.165) is 13.0 Å². The monoisotopic (exact) mass is 403 g/mol. The fourth-order valence-corrected chi connectivity index (χ4v) is 4.99. The SMILES string of the molecule is CCCNC(=S)N1CCN(S(=O)(=O)c2c(C)oc(C)c2C(=O)OC)CC1. The van der Waals surface area contributed by atoms with E-state index in [4.69, 9.17) is 21.4 Å². The molecule has 0 aliphatic carbocycles. The molecule has 26 heavy (non-hydrogen) atoms. The van der Waals surface area contributed by atoms with Crippen LogP contribution in [-0.4, -0.2) is 68.5 Å². The highest BCUT2D eigenvalue weighted by Gasteiger charge is 2.37. The highest BCUT2D eigenvalue weighted by molar-refractivity contribution is 7.89. The van der Waals surface area contributed by atoms with Gasteiger partial charge in [0.05, 0.1) is 7.11 Å². The number of aryl methyl sites for hydroxylation is 2. The maximum absolute atomic E-state index is 13.1. The number of esters is 1. The number of nitrogens with one attached hydrogen (secondary N) is 1. The predicted octanol–water partition coefficient (Wildman–Crippen LogP) is 1.27. The first-order valence-electron chi connectivity index (χ1n) is 8.45. The summed E-state index contributed by atoms with van der Waals surface area (Å²) in [5, 5.41) is 3.78. The van der Waals surface area contributed by atoms with E-state index >= 15 is 0 Å². The van der Waals surface area contributed by atoms with Crippen molar-refractivity contribution in [3.63, 3.8) is 0 Å². The van der Waals surface area contributed by atoms with Gasteiger partial charge in [-0.25, -0.2) is 13.2 Å². The Bertz CT molecular complexity index is 780. The van der Waals surface area contributed by atoms with Crippen molar-refractivity contribution >= 4 is 33.3 Å². The van der Waals surface area contributed by atoms with Crippen LogP contribution in [0.4, 0.5) is 0 Å². The van der Waals surface area contributed by atoms with Crippen LogP contribution in [0.2, 0.25) is 0 Å². The molecule has 2 rings (SSSR count). The molecule has 1 saturated heterocycles. The second kappa shape index (κ2) is 8.36. The number of nitrogens with zero attached hydrogens (tertiary/aromatic N) is 2. The molecule has 0 atom stereocenters. The van der Waals surface area contributed by atoms with Crippen molar-refractivity contribution in [2.24, 2.45) is 0 Å². The number of carbonyl (C=O) groups is 1. The van der Waals surface area contributed by atoms with Crippen LogP contribution in [0.25, 0.3) is 0 Å². The Labute approximate surface area is 159 Å². The third-order valence-corrected chi connectivity index (χ3v) is 6.70. The minimum atomic E-state index is -3.88. The van der Waals surface area contributed by atoms with Crippen LogP contribution in [-0.2, 0) is 14.8 Å². The molecule has 8 nitrogen and oxygen atoms in total. The van der Waals surface area contributed by atoms with E-state index in [0.29, 0.717) is 18.2 Å². The van der Waals surface area contributed by atoms with Gasteiger partial charge in [0, 0.05) is 32.7 Å². The van der Waals surface area contributed by atoms with E-state index in [1.54, 1.807) is 6.92 Å². The molecule has 10 heteroatoms. The molecular weight excluding hydrogens is 378 g/mol. The second-order valence-corrected chi connectivity index (χ2v) is 8.29. The maximum Gasteiger partial charge on any atom is 0.342 e. The Hall–Kier alpha value is -1.65. The van der Waals surface area contributed by atoms with E-state index in [-0.39, 0.29) is 35.1 Å². The first kappa shape index (κ1) is 20.7. The summed E-state index contributed by atoms with van der Waals surface area (Å²) in [6, 6.07) is 0. The Morgan fingerprint density at radius 3 is 2.38 bits per heavy atom. The van der Waals surface area contributed by atoms with Crippen molar-refractivity contribution in [2.75, 3.05) is 39.8 Å². The van der Waals surface area contributed by atoms with E-state index in [9.17, 15) is 13.2 Å². The molecule has 1 aromatic heterocycles. The zero-order valence-corrected chi connectivity index (χ0v) is 17.1. The number of hydrogen-bond donors (Lipinski definition) is 1. The van der Waals surface area contributed by atoms with Crippen LogP contribution in [0.3, 0.4) is 0 Å². The second-order valence-electron chi connectivity index (χ2n) is 6.03. The minimum Gasteiger partial charge on any atom is -0.465 e. The number of piperazine rings is 1. The number of rotatable bonds is 5. The summed E-state index contributed by atoms with van der Waals surface area (Å²) in [6.45, 7) is 7.44. The number of ether oxygens (including phenoxy) is 1. The van der Waals surface area contributed by atoms with E-state index < -0.39 is 16.0 Å². The number of sulfonamides is 1. The molecule has 1 aliphatic rings. The minimum absolute atomic E-state index is 0.0347. The average molecular weight is 404 g/mol. The average Bonchev–Trinajstić information content (AvgIpc) is 2.93. The highest BCUT2D eigenvalue weighted by atomic mass is 32.2. The number of thiocarbonyl (C=S) groups is 1. The molecule has 0 saturated carbocycles. The lowest BCUT2D eigenvalue weighted by molar-refractivity contribution is 0.0594. The quantitative estimate of drug-likeness (QED) is 0.581. The molecule has 2 heterocycles. The van der Waals surface area contributed by atoms with Crippen LogP contribution in [0.5, 0.6) is 0 Å². The van der Waals surface area contributed by atoms with Gasteiger partial charge in [0.15, 0.2) is 5.11 Å². The highest BCUT2D eigenvalue weighted by Crippen LogP contribution is 2.30. The van der Waals surface area contributed by atoms with Crippen LogP contribution < -0.4 is 5.32 Å². The molecule has 0 spiro atoms. The van der Waals surface area contributed by atoms with Crippen LogP contribution >= 0.6 is 12.2 Å². The van der Waals surface area contributed by atoms with Gasteiger partial charge in [0.1, 0.15) is 22.0 Å². The number of carbonyl (C=O) groups excluding carboxylic acids is 1. The van der Waals surface area contributed by atoms with Crippen LogP contribution in [0.1, 0.15) is 35.2 Å². The Morgan fingerprint density at radius 2 is 1.85 bits per heavy atom. The Kier molecular flexibility index (Phi) is 6.64. The Morgan fingerprint density at radius 1 is 1.23 bits per heavy atom. The molecule has 146 valence electrons. The van der Waals surface area contributed by atoms with E-state index in [1.807, 2.05) is 11.8 Å². The summed E-state index contributed by atoms with van der Waals surface area (Å²) in [5.74, 6) is -0.302. The van der Waals surface area contributed by atoms with E-state index in [2.05, 4.69) is 5.32 Å². The molecule has 1 N–H and O–H groups in total. The molecule has 0 bridgehead atoms. The standard InChI is InChI=1S/C16H25N3O5S2/c1-5-6-17-16(25)18-7-9-19(10-8-18)26(21,22)14-12(3)24-11(2)13(14)15(20)23-4/h5-10H2,1-4H3,(H,17,25). The van der Waals surface area contributed by atoms with Gasteiger partial charge < -0.3 is 19.4 Å². The number of methoxy groups -OCH3 is 1. The first-order chi connectivity index (χ1) is 12.2. The summed E-state index contributed by atoms with van der Waals surface area (Å²) in [7, 11) is -2.66. The van der Waals surface area contributed by atoms with Gasteiger partial charge in [-0.1, -0.05) is 6.92 Å². The van der Waals surface area contributed by atoms with Crippen LogP contribution in [0, 0.1) is 13.8 Å².